The van der Waals surface area contributed by atoms with Crippen LogP contribution in [0.1, 0.15) is 28.0 Å². The van der Waals surface area contributed by atoms with Gasteiger partial charge >= 0.3 is 5.97 Å². The summed E-state index contributed by atoms with van der Waals surface area (Å²) in [7, 11) is 1.14. The van der Waals surface area contributed by atoms with Gasteiger partial charge in [0.25, 0.3) is 6.43 Å². The number of nitriles is 1. The summed E-state index contributed by atoms with van der Waals surface area (Å²) in [6, 6.07) is 1.69. The first-order chi connectivity index (χ1) is 7.52. The third-order valence-corrected chi connectivity index (χ3v) is 2.86. The lowest BCUT2D eigenvalue weighted by Gasteiger charge is -2.07. The standard InChI is InChI=1S/C9H5F2IN2O2/c1-16-9(15)5-3-14-7(8(10)11)6(12)4(5)2-13/h3,8H,1H3. The van der Waals surface area contributed by atoms with Gasteiger partial charge in [0.05, 0.1) is 21.8 Å². The van der Waals surface area contributed by atoms with Gasteiger partial charge in [-0.2, -0.15) is 5.26 Å². The molecule has 0 aliphatic carbocycles. The van der Waals surface area contributed by atoms with Crippen molar-refractivity contribution in [1.29, 1.82) is 5.26 Å². The summed E-state index contributed by atoms with van der Waals surface area (Å²) in [5, 5.41) is 8.81. The molecule has 1 aromatic rings. The first-order valence-electron chi connectivity index (χ1n) is 3.97. The fourth-order valence-electron chi connectivity index (χ4n) is 1.03. The molecule has 0 aliphatic heterocycles. The number of esters is 1. The molecule has 1 rings (SSSR count). The predicted molar refractivity (Wildman–Crippen MR) is 58.0 cm³/mol. The van der Waals surface area contributed by atoms with E-state index in [-0.39, 0.29) is 14.7 Å². The molecule has 0 radical (unpaired) electrons. The molecular formula is C9H5F2IN2O2. The summed E-state index contributed by atoms with van der Waals surface area (Å²) in [5.74, 6) is -0.775. The number of alkyl halides is 2. The van der Waals surface area contributed by atoms with Crippen molar-refractivity contribution in [3.05, 3.63) is 26.6 Å². The number of aromatic nitrogens is 1. The second-order valence-electron chi connectivity index (χ2n) is 2.65. The van der Waals surface area contributed by atoms with Crippen molar-refractivity contribution in [3.8, 4) is 6.07 Å². The van der Waals surface area contributed by atoms with Crippen LogP contribution in [-0.2, 0) is 4.74 Å². The first-order valence-corrected chi connectivity index (χ1v) is 5.05. The van der Waals surface area contributed by atoms with Crippen LogP contribution in [0.15, 0.2) is 6.20 Å². The van der Waals surface area contributed by atoms with Crippen LogP contribution in [-0.4, -0.2) is 18.1 Å². The minimum atomic E-state index is -2.79. The zero-order valence-corrected chi connectivity index (χ0v) is 10.2. The van der Waals surface area contributed by atoms with Crippen LogP contribution in [0, 0.1) is 14.9 Å². The SMILES string of the molecule is COC(=O)c1cnc(C(F)F)c(I)c1C#N. The average molecular weight is 338 g/mol. The molecular weight excluding hydrogens is 333 g/mol. The van der Waals surface area contributed by atoms with E-state index in [0.29, 0.717) is 0 Å². The molecule has 1 heterocycles. The summed E-state index contributed by atoms with van der Waals surface area (Å²) in [6.45, 7) is 0. The molecule has 0 aromatic carbocycles. The van der Waals surface area contributed by atoms with Crippen LogP contribution in [0.3, 0.4) is 0 Å². The van der Waals surface area contributed by atoms with Gasteiger partial charge in [-0.15, -0.1) is 0 Å². The van der Waals surface area contributed by atoms with E-state index in [1.807, 2.05) is 0 Å². The minimum Gasteiger partial charge on any atom is -0.465 e. The van der Waals surface area contributed by atoms with Crippen LogP contribution in [0.4, 0.5) is 8.78 Å². The highest BCUT2D eigenvalue weighted by molar-refractivity contribution is 14.1. The highest BCUT2D eigenvalue weighted by Gasteiger charge is 2.22. The fraction of sp³-hybridized carbons (Fsp3) is 0.222. The van der Waals surface area contributed by atoms with Gasteiger partial charge in [-0.25, -0.2) is 13.6 Å². The molecule has 4 nitrogen and oxygen atoms in total. The fourth-order valence-corrected chi connectivity index (χ4v) is 1.81. The lowest BCUT2D eigenvalue weighted by atomic mass is 10.1. The molecule has 0 N–H and O–H groups in total. The molecule has 7 heteroatoms. The zero-order chi connectivity index (χ0) is 12.3. The molecule has 0 unspecified atom stereocenters. The summed E-state index contributed by atoms with van der Waals surface area (Å²) in [4.78, 5) is 14.7. The number of hydrogen-bond acceptors (Lipinski definition) is 4. The van der Waals surface area contributed by atoms with Crippen molar-refractivity contribution >= 4 is 28.6 Å². The Bertz CT molecular complexity index is 471. The van der Waals surface area contributed by atoms with Crippen molar-refractivity contribution in [2.75, 3.05) is 7.11 Å². The van der Waals surface area contributed by atoms with Gasteiger partial charge in [0.15, 0.2) is 0 Å². The number of nitrogens with zero attached hydrogens (tertiary/aromatic N) is 2. The Morgan fingerprint density at radius 2 is 2.31 bits per heavy atom. The number of hydrogen-bond donors (Lipinski definition) is 0. The van der Waals surface area contributed by atoms with Crippen LogP contribution in [0.2, 0.25) is 0 Å². The van der Waals surface area contributed by atoms with Crippen molar-refractivity contribution in [1.82, 2.24) is 4.98 Å². The van der Waals surface area contributed by atoms with Crippen molar-refractivity contribution < 1.29 is 18.3 Å². The average Bonchev–Trinajstić information content (AvgIpc) is 2.26. The highest BCUT2D eigenvalue weighted by Crippen LogP contribution is 2.26. The van der Waals surface area contributed by atoms with E-state index in [9.17, 15) is 13.6 Å². The maximum absolute atomic E-state index is 12.5. The van der Waals surface area contributed by atoms with Crippen LogP contribution < -0.4 is 0 Å². The van der Waals surface area contributed by atoms with E-state index in [2.05, 4.69) is 9.72 Å². The van der Waals surface area contributed by atoms with Crippen LogP contribution in [0.25, 0.3) is 0 Å². The number of carbonyl (C=O) groups is 1. The molecule has 0 atom stereocenters. The molecule has 0 fully saturated rings. The van der Waals surface area contributed by atoms with Crippen LogP contribution >= 0.6 is 22.6 Å². The Kier molecular flexibility index (Phi) is 4.12. The smallest absolute Gasteiger partial charge is 0.340 e. The summed E-state index contributed by atoms with van der Waals surface area (Å²) in [6.07, 6.45) is -1.86. The highest BCUT2D eigenvalue weighted by atomic mass is 127. The zero-order valence-electron chi connectivity index (χ0n) is 8.00. The molecule has 0 saturated carbocycles. The second-order valence-corrected chi connectivity index (χ2v) is 3.73. The predicted octanol–water partition coefficient (Wildman–Crippen LogP) is 2.28. The quantitative estimate of drug-likeness (QED) is 0.613. The van der Waals surface area contributed by atoms with Gasteiger partial charge in [-0.3, -0.25) is 4.98 Å². The maximum Gasteiger partial charge on any atom is 0.340 e. The minimum absolute atomic E-state index is 0.0296. The molecule has 84 valence electrons. The van der Waals surface area contributed by atoms with Gasteiger partial charge in [-0.1, -0.05) is 0 Å². The molecule has 0 spiro atoms. The normalized spacial score (nSPS) is 10.0. The largest absolute Gasteiger partial charge is 0.465 e. The molecule has 0 bridgehead atoms. The number of halogens is 3. The van der Waals surface area contributed by atoms with Crippen molar-refractivity contribution in [2.24, 2.45) is 0 Å². The Morgan fingerprint density at radius 1 is 1.69 bits per heavy atom. The molecule has 0 aliphatic rings. The molecule has 16 heavy (non-hydrogen) atoms. The molecule has 0 amide bonds. The van der Waals surface area contributed by atoms with Gasteiger partial charge in [0.2, 0.25) is 0 Å². The van der Waals surface area contributed by atoms with E-state index in [1.165, 1.54) is 0 Å². The lowest BCUT2D eigenvalue weighted by molar-refractivity contribution is 0.0599. The lowest BCUT2D eigenvalue weighted by Crippen LogP contribution is -2.09. The summed E-state index contributed by atoms with van der Waals surface area (Å²) >= 11 is 1.56. The third-order valence-electron chi connectivity index (χ3n) is 1.77. The van der Waals surface area contributed by atoms with E-state index in [4.69, 9.17) is 5.26 Å². The number of carbonyl (C=O) groups excluding carboxylic acids is 1. The summed E-state index contributed by atoms with van der Waals surface area (Å²) < 4.78 is 29.3. The van der Waals surface area contributed by atoms with Gasteiger partial charge < -0.3 is 4.74 Å². The Hall–Kier alpha value is -1.30. The van der Waals surface area contributed by atoms with Gasteiger partial charge in [0, 0.05) is 6.20 Å². The first kappa shape index (κ1) is 12.8. The Balaban J connectivity index is 3.42. The molecule has 1 aromatic heterocycles. The van der Waals surface area contributed by atoms with E-state index >= 15 is 0 Å². The van der Waals surface area contributed by atoms with E-state index in [1.54, 1.807) is 28.7 Å². The van der Waals surface area contributed by atoms with Crippen molar-refractivity contribution in [2.45, 2.75) is 6.43 Å². The topological polar surface area (TPSA) is 63.0 Å². The van der Waals surface area contributed by atoms with E-state index in [0.717, 1.165) is 13.3 Å². The number of methoxy groups -OCH3 is 1. The van der Waals surface area contributed by atoms with Crippen LogP contribution in [0.5, 0.6) is 0 Å². The number of rotatable bonds is 2. The monoisotopic (exact) mass is 338 g/mol. The second kappa shape index (κ2) is 5.16. The Morgan fingerprint density at radius 3 is 2.75 bits per heavy atom. The summed E-state index contributed by atoms with van der Waals surface area (Å²) in [5.41, 5.74) is -0.763. The molecule has 0 saturated heterocycles. The third kappa shape index (κ3) is 2.27. The number of ether oxygens (including phenoxy) is 1. The maximum atomic E-state index is 12.5. The van der Waals surface area contributed by atoms with Gasteiger partial charge in [-0.05, 0) is 22.6 Å². The van der Waals surface area contributed by atoms with Crippen molar-refractivity contribution in [3.63, 3.8) is 0 Å². The Labute approximate surface area is 103 Å². The number of pyridine rings is 1. The van der Waals surface area contributed by atoms with E-state index < -0.39 is 18.1 Å². The van der Waals surface area contributed by atoms with Gasteiger partial charge in [0.1, 0.15) is 11.8 Å².